The Morgan fingerprint density at radius 3 is 2.54 bits per heavy atom. The second kappa shape index (κ2) is 10.6. The largest absolute Gasteiger partial charge is 0.496 e. The van der Waals surface area contributed by atoms with Gasteiger partial charge in [0.05, 0.1) is 13.7 Å². The Morgan fingerprint density at radius 1 is 1.08 bits per heavy atom. The molecule has 0 saturated heterocycles. The average Bonchev–Trinajstić information content (AvgIpc) is 3.12. The van der Waals surface area contributed by atoms with Gasteiger partial charge in [-0.2, -0.15) is 0 Å². The number of benzene rings is 1. The Labute approximate surface area is 158 Å². The summed E-state index contributed by atoms with van der Waals surface area (Å²) in [4.78, 5) is 26.4. The van der Waals surface area contributed by atoms with Gasteiger partial charge in [0.1, 0.15) is 5.75 Å². The molecule has 7 heteroatoms. The first kappa shape index (κ1) is 19.9. The Morgan fingerprint density at radius 2 is 1.85 bits per heavy atom. The molecule has 2 amide bonds. The van der Waals surface area contributed by atoms with Crippen molar-refractivity contribution in [2.75, 3.05) is 26.7 Å². The molecule has 0 bridgehead atoms. The number of carbonyl (C=O) groups excluding carboxylic acids is 2. The molecule has 2 rings (SSSR count). The maximum Gasteiger partial charge on any atom is 0.234 e. The molecule has 0 aliphatic rings. The Bertz CT molecular complexity index is 704. The van der Waals surface area contributed by atoms with Gasteiger partial charge in [0.2, 0.25) is 11.8 Å². The highest BCUT2D eigenvalue weighted by Crippen LogP contribution is 2.21. The lowest BCUT2D eigenvalue weighted by Crippen LogP contribution is -2.40. The molecule has 0 spiro atoms. The van der Waals surface area contributed by atoms with E-state index in [0.29, 0.717) is 26.2 Å². The summed E-state index contributed by atoms with van der Waals surface area (Å²) in [5.74, 6) is 0.645. The third-order valence-electron chi connectivity index (χ3n) is 3.73. The fourth-order valence-corrected chi connectivity index (χ4v) is 3.31. The monoisotopic (exact) mass is 375 g/mol. The molecule has 1 aromatic heterocycles. The Hall–Kier alpha value is -2.38. The van der Waals surface area contributed by atoms with Crippen LogP contribution < -0.4 is 15.4 Å². The third kappa shape index (κ3) is 6.85. The van der Waals surface area contributed by atoms with Crippen LogP contribution in [0.5, 0.6) is 5.75 Å². The fourth-order valence-electron chi connectivity index (χ4n) is 2.56. The highest BCUT2D eigenvalue weighted by molar-refractivity contribution is 7.09. The van der Waals surface area contributed by atoms with E-state index in [9.17, 15) is 9.59 Å². The van der Waals surface area contributed by atoms with Gasteiger partial charge in [-0.25, -0.2) is 0 Å². The fraction of sp³-hybridized carbons (Fsp3) is 0.368. The van der Waals surface area contributed by atoms with Crippen molar-refractivity contribution in [3.05, 3.63) is 52.2 Å². The first-order valence-electron chi connectivity index (χ1n) is 8.46. The van der Waals surface area contributed by atoms with E-state index in [4.69, 9.17) is 4.74 Å². The number of carbonyl (C=O) groups is 2. The molecule has 0 atom stereocenters. The molecule has 2 N–H and O–H groups in total. The van der Waals surface area contributed by atoms with Crippen molar-refractivity contribution >= 4 is 23.2 Å². The van der Waals surface area contributed by atoms with Gasteiger partial charge < -0.3 is 15.4 Å². The van der Waals surface area contributed by atoms with E-state index in [-0.39, 0.29) is 18.4 Å². The van der Waals surface area contributed by atoms with E-state index >= 15 is 0 Å². The minimum Gasteiger partial charge on any atom is -0.496 e. The van der Waals surface area contributed by atoms with Crippen molar-refractivity contribution in [3.63, 3.8) is 0 Å². The van der Waals surface area contributed by atoms with Crippen molar-refractivity contribution in [1.82, 2.24) is 15.5 Å². The van der Waals surface area contributed by atoms with Gasteiger partial charge in [-0.05, 0) is 17.5 Å². The number of para-hydroxylation sites is 1. The zero-order chi connectivity index (χ0) is 18.8. The Kier molecular flexibility index (Phi) is 8.11. The van der Waals surface area contributed by atoms with Gasteiger partial charge in [-0.15, -0.1) is 11.3 Å². The summed E-state index contributed by atoms with van der Waals surface area (Å²) >= 11 is 1.67. The number of hydrogen-bond donors (Lipinski definition) is 2. The molecule has 140 valence electrons. The molecule has 0 unspecified atom stereocenters. The van der Waals surface area contributed by atoms with Gasteiger partial charge >= 0.3 is 0 Å². The SMILES string of the molecule is COc1ccccc1CN(CC(=O)NCCNC(C)=O)Cc1cccs1. The number of nitrogens with zero attached hydrogens (tertiary/aromatic N) is 1. The minimum atomic E-state index is -0.102. The van der Waals surface area contributed by atoms with Gasteiger partial charge in [0.25, 0.3) is 0 Å². The van der Waals surface area contributed by atoms with Crippen LogP contribution in [0, 0.1) is 0 Å². The number of nitrogens with one attached hydrogen (secondary N) is 2. The maximum absolute atomic E-state index is 12.3. The number of amides is 2. The number of hydrogen-bond acceptors (Lipinski definition) is 5. The number of rotatable bonds is 10. The average molecular weight is 375 g/mol. The van der Waals surface area contributed by atoms with E-state index in [1.807, 2.05) is 35.7 Å². The predicted molar refractivity (Wildman–Crippen MR) is 103 cm³/mol. The standard InChI is InChI=1S/C19H25N3O3S/c1-15(23)20-9-10-21-19(24)14-22(13-17-7-5-11-26-17)12-16-6-3-4-8-18(16)25-2/h3-8,11H,9-10,12-14H2,1-2H3,(H,20,23)(H,21,24). The topological polar surface area (TPSA) is 70.7 Å². The van der Waals surface area contributed by atoms with E-state index in [1.165, 1.54) is 11.8 Å². The van der Waals surface area contributed by atoms with Crippen LogP contribution in [0.4, 0.5) is 0 Å². The van der Waals surface area contributed by atoms with Crippen LogP contribution in [0.25, 0.3) is 0 Å². The quantitative estimate of drug-likeness (QED) is 0.623. The molecular formula is C19H25N3O3S. The number of ether oxygens (including phenoxy) is 1. The molecule has 2 aromatic rings. The van der Waals surface area contributed by atoms with Crippen LogP contribution in [0.15, 0.2) is 41.8 Å². The third-order valence-corrected chi connectivity index (χ3v) is 4.60. The zero-order valence-electron chi connectivity index (χ0n) is 15.2. The highest BCUT2D eigenvalue weighted by Gasteiger charge is 2.14. The molecule has 6 nitrogen and oxygen atoms in total. The van der Waals surface area contributed by atoms with Crippen molar-refractivity contribution in [1.29, 1.82) is 0 Å². The van der Waals surface area contributed by atoms with Gasteiger partial charge in [0, 0.05) is 43.5 Å². The summed E-state index contributed by atoms with van der Waals surface area (Å²) in [5.41, 5.74) is 1.04. The molecule has 1 aromatic carbocycles. The zero-order valence-corrected chi connectivity index (χ0v) is 16.0. The van der Waals surface area contributed by atoms with Crippen molar-refractivity contribution in [2.24, 2.45) is 0 Å². The van der Waals surface area contributed by atoms with Crippen LogP contribution in [0.2, 0.25) is 0 Å². The predicted octanol–water partition coefficient (Wildman–Crippen LogP) is 2.01. The molecule has 0 aliphatic heterocycles. The summed E-state index contributed by atoms with van der Waals surface area (Å²) in [7, 11) is 1.65. The lowest BCUT2D eigenvalue weighted by molar-refractivity contribution is -0.123. The molecule has 0 radical (unpaired) electrons. The molecular weight excluding hydrogens is 350 g/mol. The van der Waals surface area contributed by atoms with Crippen LogP contribution in [-0.2, 0) is 22.7 Å². The normalized spacial score (nSPS) is 10.6. The summed E-state index contributed by atoms with van der Waals surface area (Å²) in [6.45, 7) is 3.88. The smallest absolute Gasteiger partial charge is 0.234 e. The molecule has 0 aliphatic carbocycles. The molecule has 0 fully saturated rings. The van der Waals surface area contributed by atoms with Crippen molar-refractivity contribution in [2.45, 2.75) is 20.0 Å². The van der Waals surface area contributed by atoms with Gasteiger partial charge in [0.15, 0.2) is 0 Å². The van der Waals surface area contributed by atoms with Gasteiger partial charge in [-0.1, -0.05) is 24.3 Å². The maximum atomic E-state index is 12.3. The van der Waals surface area contributed by atoms with Crippen molar-refractivity contribution in [3.8, 4) is 5.75 Å². The first-order valence-corrected chi connectivity index (χ1v) is 9.34. The number of thiophene rings is 1. The number of methoxy groups -OCH3 is 1. The van der Waals surface area contributed by atoms with Crippen molar-refractivity contribution < 1.29 is 14.3 Å². The summed E-state index contributed by atoms with van der Waals surface area (Å²) < 4.78 is 5.42. The molecule has 0 saturated carbocycles. The lowest BCUT2D eigenvalue weighted by Gasteiger charge is -2.22. The van der Waals surface area contributed by atoms with E-state index in [0.717, 1.165) is 11.3 Å². The summed E-state index contributed by atoms with van der Waals surface area (Å²) in [5, 5.41) is 7.53. The van der Waals surface area contributed by atoms with E-state index in [2.05, 4.69) is 21.6 Å². The highest BCUT2D eigenvalue weighted by atomic mass is 32.1. The lowest BCUT2D eigenvalue weighted by atomic mass is 10.2. The van der Waals surface area contributed by atoms with E-state index < -0.39 is 0 Å². The van der Waals surface area contributed by atoms with Gasteiger partial charge in [-0.3, -0.25) is 14.5 Å². The molecule has 26 heavy (non-hydrogen) atoms. The first-order chi connectivity index (χ1) is 12.6. The summed E-state index contributed by atoms with van der Waals surface area (Å²) in [6, 6.07) is 11.9. The Balaban J connectivity index is 1.97. The van der Waals surface area contributed by atoms with Crippen LogP contribution >= 0.6 is 11.3 Å². The second-order valence-corrected chi connectivity index (χ2v) is 6.90. The minimum absolute atomic E-state index is 0.0678. The summed E-state index contributed by atoms with van der Waals surface area (Å²) in [6.07, 6.45) is 0. The van der Waals surface area contributed by atoms with E-state index in [1.54, 1.807) is 18.4 Å². The second-order valence-electron chi connectivity index (χ2n) is 5.87. The van der Waals surface area contributed by atoms with Crippen LogP contribution in [0.1, 0.15) is 17.4 Å². The van der Waals surface area contributed by atoms with Crippen LogP contribution in [0.3, 0.4) is 0 Å². The molecule has 1 heterocycles. The van der Waals surface area contributed by atoms with Crippen LogP contribution in [-0.4, -0.2) is 43.5 Å².